The molecule has 0 aliphatic rings. The molecule has 0 saturated heterocycles. The molecule has 68 valence electrons. The second-order valence-electron chi connectivity index (χ2n) is 3.38. The van der Waals surface area contributed by atoms with Gasteiger partial charge >= 0.3 is 0 Å². The first-order valence-corrected chi connectivity index (χ1v) is 4.26. The maximum absolute atomic E-state index is 5.42. The zero-order valence-electron chi connectivity index (χ0n) is 7.86. The maximum atomic E-state index is 5.42. The van der Waals surface area contributed by atoms with Gasteiger partial charge in [-0.1, -0.05) is 19.1 Å². The molecule has 0 aromatic carbocycles. The third kappa shape index (κ3) is 1.82. The summed E-state index contributed by atoms with van der Waals surface area (Å²) >= 11 is 0. The highest BCUT2D eigenvalue weighted by atomic mass is 15.4. The van der Waals surface area contributed by atoms with E-state index >= 15 is 0 Å². The van der Waals surface area contributed by atoms with Crippen molar-refractivity contribution in [2.24, 2.45) is 11.7 Å². The van der Waals surface area contributed by atoms with Gasteiger partial charge in [-0.2, -0.15) is 0 Å². The number of aromatic nitrogens is 3. The number of hydrogen-bond acceptors (Lipinski definition) is 3. The van der Waals surface area contributed by atoms with Crippen molar-refractivity contribution in [1.29, 1.82) is 0 Å². The molecule has 0 aliphatic carbocycles. The fourth-order valence-electron chi connectivity index (χ4n) is 0.911. The Morgan fingerprint density at radius 2 is 2.17 bits per heavy atom. The van der Waals surface area contributed by atoms with Crippen molar-refractivity contribution in [1.82, 2.24) is 15.0 Å². The van der Waals surface area contributed by atoms with Gasteiger partial charge in [-0.05, 0) is 12.8 Å². The van der Waals surface area contributed by atoms with Crippen molar-refractivity contribution >= 4 is 0 Å². The van der Waals surface area contributed by atoms with Crippen molar-refractivity contribution in [3.63, 3.8) is 0 Å². The van der Waals surface area contributed by atoms with Gasteiger partial charge in [0.25, 0.3) is 0 Å². The van der Waals surface area contributed by atoms with Crippen LogP contribution >= 0.6 is 0 Å². The van der Waals surface area contributed by atoms with Crippen LogP contribution in [0.2, 0.25) is 0 Å². The standard InChI is InChI=1S/C8H16N4/c1-6(2)7(3)12-5-8(4-9)10-11-12/h5-7H,4,9H2,1-3H3/t7-/m0/s1. The number of hydrogen-bond donors (Lipinski definition) is 1. The first-order chi connectivity index (χ1) is 5.65. The fraction of sp³-hybridized carbons (Fsp3) is 0.750. The van der Waals surface area contributed by atoms with Crippen molar-refractivity contribution < 1.29 is 0 Å². The topological polar surface area (TPSA) is 56.7 Å². The number of nitrogens with zero attached hydrogens (tertiary/aromatic N) is 3. The molecule has 0 amide bonds. The summed E-state index contributed by atoms with van der Waals surface area (Å²) in [5.41, 5.74) is 6.27. The van der Waals surface area contributed by atoms with E-state index in [0.717, 1.165) is 5.69 Å². The molecule has 1 aromatic heterocycles. The molecule has 1 aromatic rings. The highest BCUT2D eigenvalue weighted by Crippen LogP contribution is 2.14. The van der Waals surface area contributed by atoms with Gasteiger partial charge in [-0.25, -0.2) is 4.68 Å². The Bertz CT molecular complexity index is 241. The number of rotatable bonds is 3. The van der Waals surface area contributed by atoms with Gasteiger partial charge < -0.3 is 5.73 Å². The largest absolute Gasteiger partial charge is 0.325 e. The Hall–Kier alpha value is -0.900. The minimum Gasteiger partial charge on any atom is -0.325 e. The normalized spacial score (nSPS) is 13.8. The van der Waals surface area contributed by atoms with Crippen LogP contribution in [0.3, 0.4) is 0 Å². The van der Waals surface area contributed by atoms with Crippen LogP contribution < -0.4 is 5.73 Å². The summed E-state index contributed by atoms with van der Waals surface area (Å²) < 4.78 is 1.87. The van der Waals surface area contributed by atoms with E-state index in [2.05, 4.69) is 31.1 Å². The summed E-state index contributed by atoms with van der Waals surface area (Å²) in [6, 6.07) is 0.387. The molecule has 4 nitrogen and oxygen atoms in total. The molecular formula is C8H16N4. The average Bonchev–Trinajstić information content (AvgIpc) is 2.50. The highest BCUT2D eigenvalue weighted by molar-refractivity contribution is 4.91. The van der Waals surface area contributed by atoms with Gasteiger partial charge in [0.05, 0.1) is 17.9 Å². The van der Waals surface area contributed by atoms with E-state index in [1.165, 1.54) is 0 Å². The predicted molar refractivity (Wildman–Crippen MR) is 47.5 cm³/mol. The molecule has 0 bridgehead atoms. The van der Waals surface area contributed by atoms with E-state index in [0.29, 0.717) is 18.5 Å². The lowest BCUT2D eigenvalue weighted by Crippen LogP contribution is -2.11. The Labute approximate surface area is 72.8 Å². The van der Waals surface area contributed by atoms with Gasteiger partial charge in [-0.15, -0.1) is 5.10 Å². The molecule has 0 saturated carbocycles. The molecule has 0 radical (unpaired) electrons. The zero-order chi connectivity index (χ0) is 9.14. The van der Waals surface area contributed by atoms with Crippen LogP contribution in [0.1, 0.15) is 32.5 Å². The summed E-state index contributed by atoms with van der Waals surface area (Å²) in [6.07, 6.45) is 1.91. The molecule has 0 unspecified atom stereocenters. The lowest BCUT2D eigenvalue weighted by molar-refractivity contribution is 0.368. The summed E-state index contributed by atoms with van der Waals surface area (Å²) in [6.45, 7) is 6.91. The second kappa shape index (κ2) is 3.67. The highest BCUT2D eigenvalue weighted by Gasteiger charge is 2.10. The van der Waals surface area contributed by atoms with E-state index in [1.54, 1.807) is 0 Å². The molecule has 0 spiro atoms. The molecule has 0 aliphatic heterocycles. The molecule has 2 N–H and O–H groups in total. The van der Waals surface area contributed by atoms with E-state index in [9.17, 15) is 0 Å². The first kappa shape index (κ1) is 9.19. The minimum absolute atomic E-state index is 0.387. The van der Waals surface area contributed by atoms with Crippen LogP contribution in [0.4, 0.5) is 0 Å². The van der Waals surface area contributed by atoms with Crippen LogP contribution in [0.25, 0.3) is 0 Å². The molecule has 4 heteroatoms. The second-order valence-corrected chi connectivity index (χ2v) is 3.38. The third-order valence-corrected chi connectivity index (χ3v) is 2.15. The molecule has 12 heavy (non-hydrogen) atoms. The lowest BCUT2D eigenvalue weighted by Gasteiger charge is -2.14. The van der Waals surface area contributed by atoms with Crippen LogP contribution in [0, 0.1) is 5.92 Å². The van der Waals surface area contributed by atoms with Crippen molar-refractivity contribution in [2.75, 3.05) is 0 Å². The zero-order valence-corrected chi connectivity index (χ0v) is 7.86. The molecular weight excluding hydrogens is 152 g/mol. The quantitative estimate of drug-likeness (QED) is 0.731. The Morgan fingerprint density at radius 1 is 1.50 bits per heavy atom. The summed E-state index contributed by atoms with van der Waals surface area (Å²) in [4.78, 5) is 0. The minimum atomic E-state index is 0.387. The van der Waals surface area contributed by atoms with Gasteiger partial charge in [-0.3, -0.25) is 0 Å². The van der Waals surface area contributed by atoms with E-state index in [4.69, 9.17) is 5.73 Å². The van der Waals surface area contributed by atoms with Crippen LogP contribution in [0.15, 0.2) is 6.20 Å². The van der Waals surface area contributed by atoms with Crippen LogP contribution in [-0.4, -0.2) is 15.0 Å². The Balaban J connectivity index is 2.74. The average molecular weight is 168 g/mol. The Morgan fingerprint density at radius 3 is 2.58 bits per heavy atom. The first-order valence-electron chi connectivity index (χ1n) is 4.26. The predicted octanol–water partition coefficient (Wildman–Crippen LogP) is 0.954. The molecule has 1 atom stereocenters. The van der Waals surface area contributed by atoms with Crippen molar-refractivity contribution in [2.45, 2.75) is 33.4 Å². The van der Waals surface area contributed by atoms with Crippen LogP contribution in [-0.2, 0) is 6.54 Å². The van der Waals surface area contributed by atoms with Crippen molar-refractivity contribution in [3.05, 3.63) is 11.9 Å². The van der Waals surface area contributed by atoms with Gasteiger partial charge in [0, 0.05) is 6.54 Å². The fourth-order valence-corrected chi connectivity index (χ4v) is 0.911. The van der Waals surface area contributed by atoms with E-state index < -0.39 is 0 Å². The molecule has 1 rings (SSSR count). The van der Waals surface area contributed by atoms with Gasteiger partial charge in [0.2, 0.25) is 0 Å². The SMILES string of the molecule is CC(C)[C@H](C)n1cc(CN)nn1. The maximum Gasteiger partial charge on any atom is 0.0962 e. The van der Waals surface area contributed by atoms with Crippen LogP contribution in [0.5, 0.6) is 0 Å². The Kier molecular flexibility index (Phi) is 2.81. The van der Waals surface area contributed by atoms with Gasteiger partial charge in [0.1, 0.15) is 0 Å². The smallest absolute Gasteiger partial charge is 0.0962 e. The van der Waals surface area contributed by atoms with Crippen molar-refractivity contribution in [3.8, 4) is 0 Å². The monoisotopic (exact) mass is 168 g/mol. The molecule has 1 heterocycles. The van der Waals surface area contributed by atoms with E-state index in [1.807, 2.05) is 10.9 Å². The third-order valence-electron chi connectivity index (χ3n) is 2.15. The van der Waals surface area contributed by atoms with Gasteiger partial charge in [0.15, 0.2) is 0 Å². The lowest BCUT2D eigenvalue weighted by atomic mass is 10.1. The van der Waals surface area contributed by atoms with E-state index in [-0.39, 0.29) is 0 Å². The summed E-state index contributed by atoms with van der Waals surface area (Å²) in [7, 11) is 0. The molecule has 0 fully saturated rings. The number of nitrogens with two attached hydrogens (primary N) is 1. The summed E-state index contributed by atoms with van der Waals surface area (Å²) in [5, 5.41) is 7.92. The summed E-state index contributed by atoms with van der Waals surface area (Å²) in [5.74, 6) is 0.567.